The fourth-order valence-corrected chi connectivity index (χ4v) is 4.41. The average molecular weight is 405 g/mol. The Hall–Kier alpha value is -3.15. The van der Waals surface area contributed by atoms with E-state index in [-0.39, 0.29) is 36.0 Å². The van der Waals surface area contributed by atoms with Gasteiger partial charge in [-0.3, -0.25) is 14.4 Å². The zero-order chi connectivity index (χ0) is 21.1. The van der Waals surface area contributed by atoms with Gasteiger partial charge in [-0.15, -0.1) is 0 Å². The zero-order valence-electron chi connectivity index (χ0n) is 17.2. The molecule has 0 saturated carbocycles. The average Bonchev–Trinajstić information content (AvgIpc) is 2.99. The third kappa shape index (κ3) is 4.22. The van der Waals surface area contributed by atoms with Crippen LogP contribution in [0.1, 0.15) is 12.0 Å². The summed E-state index contributed by atoms with van der Waals surface area (Å²) in [5, 5.41) is 2.96. The number of benzene rings is 2. The van der Waals surface area contributed by atoms with E-state index in [2.05, 4.69) is 29.6 Å². The molecule has 2 aromatic carbocycles. The Balaban J connectivity index is 1.53. The first-order valence-corrected chi connectivity index (χ1v) is 10.5. The van der Waals surface area contributed by atoms with Crippen LogP contribution in [0.5, 0.6) is 0 Å². The van der Waals surface area contributed by atoms with Crippen LogP contribution >= 0.6 is 0 Å². The number of nitrogens with one attached hydrogen (secondary N) is 1. The van der Waals surface area contributed by atoms with Crippen molar-refractivity contribution >= 4 is 17.7 Å². The summed E-state index contributed by atoms with van der Waals surface area (Å²) in [6.07, 6.45) is 0.818. The van der Waals surface area contributed by atoms with Gasteiger partial charge >= 0.3 is 0 Å². The Bertz CT molecular complexity index is 944. The summed E-state index contributed by atoms with van der Waals surface area (Å²) < 4.78 is 0. The SMILES string of the molecule is CN1C[C@H](C(=O)N2CCNC(=O)[C@@H](Cc3ccccc3-c3ccccc3)C2)CC1=O. The number of hydrogen-bond donors (Lipinski definition) is 1. The number of nitrogens with zero attached hydrogens (tertiary/aromatic N) is 2. The van der Waals surface area contributed by atoms with Crippen molar-refractivity contribution in [3.8, 4) is 11.1 Å². The molecular formula is C24H27N3O3. The molecule has 156 valence electrons. The van der Waals surface area contributed by atoms with Crippen LogP contribution in [-0.4, -0.2) is 60.7 Å². The second-order valence-electron chi connectivity index (χ2n) is 8.17. The van der Waals surface area contributed by atoms with Crippen molar-refractivity contribution in [1.82, 2.24) is 15.1 Å². The Morgan fingerprint density at radius 1 is 1.03 bits per heavy atom. The third-order valence-corrected chi connectivity index (χ3v) is 6.06. The summed E-state index contributed by atoms with van der Waals surface area (Å²) in [6.45, 7) is 1.76. The van der Waals surface area contributed by atoms with Gasteiger partial charge in [0.25, 0.3) is 0 Å². The molecule has 0 bridgehead atoms. The molecule has 2 saturated heterocycles. The van der Waals surface area contributed by atoms with E-state index < -0.39 is 0 Å². The smallest absolute Gasteiger partial charge is 0.228 e. The lowest BCUT2D eigenvalue weighted by Gasteiger charge is -2.26. The fraction of sp³-hybridized carbons (Fsp3) is 0.375. The van der Waals surface area contributed by atoms with Crippen LogP contribution in [-0.2, 0) is 20.8 Å². The van der Waals surface area contributed by atoms with Crippen molar-refractivity contribution < 1.29 is 14.4 Å². The van der Waals surface area contributed by atoms with Gasteiger partial charge in [-0.25, -0.2) is 0 Å². The predicted molar refractivity (Wildman–Crippen MR) is 114 cm³/mol. The van der Waals surface area contributed by atoms with Crippen molar-refractivity contribution in [2.24, 2.45) is 11.8 Å². The zero-order valence-corrected chi connectivity index (χ0v) is 17.2. The minimum atomic E-state index is -0.323. The maximum absolute atomic E-state index is 13.0. The summed E-state index contributed by atoms with van der Waals surface area (Å²) in [5.74, 6) is -0.673. The Morgan fingerprint density at radius 3 is 2.50 bits per heavy atom. The van der Waals surface area contributed by atoms with E-state index in [0.29, 0.717) is 32.6 Å². The molecular weight excluding hydrogens is 378 g/mol. The summed E-state index contributed by atoms with van der Waals surface area (Å²) in [5.41, 5.74) is 3.31. The van der Waals surface area contributed by atoms with E-state index in [1.807, 2.05) is 30.3 Å². The van der Waals surface area contributed by atoms with Crippen molar-refractivity contribution in [3.63, 3.8) is 0 Å². The van der Waals surface area contributed by atoms with Gasteiger partial charge in [0.2, 0.25) is 17.7 Å². The summed E-state index contributed by atoms with van der Waals surface area (Å²) >= 11 is 0. The molecule has 0 radical (unpaired) electrons. The van der Waals surface area contributed by atoms with Crippen LogP contribution in [0.4, 0.5) is 0 Å². The predicted octanol–water partition coefficient (Wildman–Crippen LogP) is 1.95. The van der Waals surface area contributed by atoms with Gasteiger partial charge in [-0.05, 0) is 23.1 Å². The van der Waals surface area contributed by atoms with Crippen LogP contribution in [0.15, 0.2) is 54.6 Å². The largest absolute Gasteiger partial charge is 0.354 e. The van der Waals surface area contributed by atoms with Crippen molar-refractivity contribution in [1.29, 1.82) is 0 Å². The number of rotatable bonds is 4. The molecule has 0 aliphatic carbocycles. The lowest BCUT2D eigenvalue weighted by atomic mass is 9.91. The Morgan fingerprint density at radius 2 is 1.77 bits per heavy atom. The van der Waals surface area contributed by atoms with Crippen LogP contribution < -0.4 is 5.32 Å². The first-order valence-electron chi connectivity index (χ1n) is 10.5. The molecule has 2 aliphatic heterocycles. The van der Waals surface area contributed by atoms with Crippen molar-refractivity contribution in [2.45, 2.75) is 12.8 Å². The minimum absolute atomic E-state index is 0.00529. The molecule has 2 aromatic rings. The van der Waals surface area contributed by atoms with Gasteiger partial charge in [0.1, 0.15) is 0 Å². The summed E-state index contributed by atoms with van der Waals surface area (Å²) in [6, 6.07) is 18.2. The quantitative estimate of drug-likeness (QED) is 0.845. The van der Waals surface area contributed by atoms with Crippen molar-refractivity contribution in [3.05, 3.63) is 60.2 Å². The summed E-state index contributed by atoms with van der Waals surface area (Å²) in [4.78, 5) is 41.0. The summed E-state index contributed by atoms with van der Waals surface area (Å²) in [7, 11) is 1.73. The molecule has 0 unspecified atom stereocenters. The van der Waals surface area contributed by atoms with E-state index in [0.717, 1.165) is 16.7 Å². The molecule has 2 aliphatic rings. The van der Waals surface area contributed by atoms with Crippen molar-refractivity contribution in [2.75, 3.05) is 33.2 Å². The van der Waals surface area contributed by atoms with Crippen LogP contribution in [0, 0.1) is 11.8 Å². The molecule has 2 heterocycles. The van der Waals surface area contributed by atoms with E-state index in [1.54, 1.807) is 16.8 Å². The Labute approximate surface area is 176 Å². The van der Waals surface area contributed by atoms with Gasteiger partial charge in [0, 0.05) is 39.6 Å². The number of carbonyl (C=O) groups excluding carboxylic acids is 3. The highest BCUT2D eigenvalue weighted by Gasteiger charge is 2.37. The maximum atomic E-state index is 13.0. The van der Waals surface area contributed by atoms with Gasteiger partial charge in [-0.1, -0.05) is 54.6 Å². The van der Waals surface area contributed by atoms with Gasteiger partial charge in [-0.2, -0.15) is 0 Å². The maximum Gasteiger partial charge on any atom is 0.228 e. The van der Waals surface area contributed by atoms with E-state index in [4.69, 9.17) is 0 Å². The van der Waals surface area contributed by atoms with E-state index in [1.165, 1.54) is 0 Å². The van der Waals surface area contributed by atoms with E-state index in [9.17, 15) is 14.4 Å². The molecule has 0 spiro atoms. The monoisotopic (exact) mass is 405 g/mol. The number of amides is 3. The number of likely N-dealkylation sites (tertiary alicyclic amines) is 1. The van der Waals surface area contributed by atoms with Gasteiger partial charge in [0.05, 0.1) is 11.8 Å². The van der Waals surface area contributed by atoms with Crippen LogP contribution in [0.2, 0.25) is 0 Å². The highest BCUT2D eigenvalue weighted by atomic mass is 16.2. The second kappa shape index (κ2) is 8.69. The molecule has 2 fully saturated rings. The lowest BCUT2D eigenvalue weighted by Crippen LogP contribution is -2.41. The molecule has 6 heteroatoms. The lowest BCUT2D eigenvalue weighted by molar-refractivity contribution is -0.136. The Kier molecular flexibility index (Phi) is 5.84. The van der Waals surface area contributed by atoms with Crippen LogP contribution in [0.3, 0.4) is 0 Å². The van der Waals surface area contributed by atoms with Gasteiger partial charge in [0.15, 0.2) is 0 Å². The van der Waals surface area contributed by atoms with E-state index >= 15 is 0 Å². The van der Waals surface area contributed by atoms with Gasteiger partial charge < -0.3 is 15.1 Å². The highest BCUT2D eigenvalue weighted by Crippen LogP contribution is 2.27. The molecule has 3 amide bonds. The molecule has 0 aromatic heterocycles. The minimum Gasteiger partial charge on any atom is -0.354 e. The third-order valence-electron chi connectivity index (χ3n) is 6.06. The first kappa shape index (κ1) is 20.1. The molecule has 1 N–H and O–H groups in total. The van der Waals surface area contributed by atoms with Crippen LogP contribution in [0.25, 0.3) is 11.1 Å². The molecule has 6 nitrogen and oxygen atoms in total. The topological polar surface area (TPSA) is 69.7 Å². The number of hydrogen-bond acceptors (Lipinski definition) is 3. The normalized spacial score (nSPS) is 22.0. The molecule has 4 rings (SSSR count). The number of carbonyl (C=O) groups is 3. The standard InChI is InChI=1S/C24H27N3O3/c1-26-15-20(14-22(26)28)24(30)27-12-11-25-23(29)19(16-27)13-18-9-5-6-10-21(18)17-7-3-2-4-8-17/h2-10,19-20H,11-16H2,1H3,(H,25,29)/t19-,20+/m0/s1. The first-order chi connectivity index (χ1) is 14.5. The molecule has 30 heavy (non-hydrogen) atoms. The second-order valence-corrected chi connectivity index (χ2v) is 8.17. The fourth-order valence-electron chi connectivity index (χ4n) is 4.41. The highest BCUT2D eigenvalue weighted by molar-refractivity contribution is 5.90. The molecule has 2 atom stereocenters.